The number of thiophene rings is 1. The van der Waals surface area contributed by atoms with E-state index in [4.69, 9.17) is 17.0 Å². The number of ether oxygens (including phenoxy) is 1. The van der Waals surface area contributed by atoms with Crippen molar-refractivity contribution in [1.29, 1.82) is 0 Å². The first-order valence-corrected chi connectivity index (χ1v) is 12.1. The molecule has 0 radical (unpaired) electrons. The monoisotopic (exact) mass is 479 g/mol. The van der Waals surface area contributed by atoms with Crippen molar-refractivity contribution in [3.8, 4) is 5.75 Å². The Morgan fingerprint density at radius 3 is 2.52 bits per heavy atom. The second-order valence-corrected chi connectivity index (χ2v) is 8.94. The van der Waals surface area contributed by atoms with E-state index in [-0.39, 0.29) is 18.2 Å². The summed E-state index contributed by atoms with van der Waals surface area (Å²) in [6, 6.07) is 19.9. The Morgan fingerprint density at radius 2 is 1.85 bits per heavy atom. The van der Waals surface area contributed by atoms with Crippen LogP contribution in [-0.4, -0.2) is 41.0 Å². The molecule has 8 heteroatoms. The van der Waals surface area contributed by atoms with Crippen LogP contribution >= 0.6 is 23.6 Å². The maximum atomic E-state index is 13.5. The largest absolute Gasteiger partial charge is 0.494 e. The van der Waals surface area contributed by atoms with E-state index in [2.05, 4.69) is 11.4 Å². The van der Waals surface area contributed by atoms with Crippen molar-refractivity contribution in [2.75, 3.05) is 23.4 Å². The first-order valence-electron chi connectivity index (χ1n) is 10.8. The lowest BCUT2D eigenvalue weighted by Gasteiger charge is -2.23. The van der Waals surface area contributed by atoms with Gasteiger partial charge in [-0.05, 0) is 73.4 Å². The van der Waals surface area contributed by atoms with Crippen molar-refractivity contribution in [3.63, 3.8) is 0 Å². The zero-order valence-corrected chi connectivity index (χ0v) is 19.9. The Kier molecular flexibility index (Phi) is 7.36. The van der Waals surface area contributed by atoms with Gasteiger partial charge in [-0.3, -0.25) is 14.5 Å². The van der Waals surface area contributed by atoms with Crippen LogP contribution in [0.3, 0.4) is 0 Å². The number of carbonyl (C=O) groups is 2. The van der Waals surface area contributed by atoms with Gasteiger partial charge in [-0.25, -0.2) is 0 Å². The van der Waals surface area contributed by atoms with Crippen LogP contribution in [0.25, 0.3) is 0 Å². The maximum absolute atomic E-state index is 13.5. The predicted octanol–water partition coefficient (Wildman–Crippen LogP) is 4.72. The Labute approximate surface area is 202 Å². The summed E-state index contributed by atoms with van der Waals surface area (Å²) in [5, 5.41) is 5.32. The standard InChI is InChI=1S/C25H25N3O3S2/c1-2-31-20-12-10-19(11-13-20)28-24(30)22(17-23(29)26-18-7-4-3-5-8-18)27(25(28)32)15-14-21-9-6-16-33-21/h3-13,16,22H,2,14-15,17H2,1H3,(H,26,29)/t22-/m1/s1. The van der Waals surface area contributed by atoms with Gasteiger partial charge in [-0.2, -0.15) is 0 Å². The van der Waals surface area contributed by atoms with Gasteiger partial charge in [0.15, 0.2) is 5.11 Å². The van der Waals surface area contributed by atoms with Crippen molar-refractivity contribution >= 4 is 51.9 Å². The van der Waals surface area contributed by atoms with Gasteiger partial charge in [-0.1, -0.05) is 24.3 Å². The molecule has 33 heavy (non-hydrogen) atoms. The minimum Gasteiger partial charge on any atom is -0.494 e. The molecule has 2 aromatic carbocycles. The highest BCUT2D eigenvalue weighted by Crippen LogP contribution is 2.29. The van der Waals surface area contributed by atoms with E-state index in [1.807, 2.05) is 77.9 Å². The van der Waals surface area contributed by atoms with Crippen LogP contribution in [0, 0.1) is 0 Å². The van der Waals surface area contributed by atoms with E-state index >= 15 is 0 Å². The quantitative estimate of drug-likeness (QED) is 0.450. The van der Waals surface area contributed by atoms with Crippen molar-refractivity contribution in [2.45, 2.75) is 25.8 Å². The number of amides is 2. The molecule has 3 aromatic rings. The number of para-hydroxylation sites is 1. The first kappa shape index (κ1) is 22.9. The van der Waals surface area contributed by atoms with Crippen molar-refractivity contribution in [1.82, 2.24) is 4.90 Å². The summed E-state index contributed by atoms with van der Waals surface area (Å²) < 4.78 is 5.51. The zero-order chi connectivity index (χ0) is 23.2. The Balaban J connectivity index is 1.54. The van der Waals surface area contributed by atoms with Crippen LogP contribution in [0.15, 0.2) is 72.1 Å². The highest BCUT2D eigenvalue weighted by Gasteiger charge is 2.43. The number of rotatable bonds is 9. The molecular formula is C25H25N3O3S2. The third-order valence-electron chi connectivity index (χ3n) is 5.34. The molecule has 1 aromatic heterocycles. The molecule has 2 heterocycles. The van der Waals surface area contributed by atoms with Gasteiger partial charge < -0.3 is 15.0 Å². The van der Waals surface area contributed by atoms with Gasteiger partial charge >= 0.3 is 0 Å². The smallest absolute Gasteiger partial charge is 0.256 e. The predicted molar refractivity (Wildman–Crippen MR) is 136 cm³/mol. The molecule has 6 nitrogen and oxygen atoms in total. The second-order valence-electron chi connectivity index (χ2n) is 7.54. The Bertz CT molecular complexity index is 1100. The van der Waals surface area contributed by atoms with Crippen LogP contribution in [0.2, 0.25) is 0 Å². The van der Waals surface area contributed by atoms with Crippen LogP contribution in [0.5, 0.6) is 5.75 Å². The molecule has 1 N–H and O–H groups in total. The lowest BCUT2D eigenvalue weighted by atomic mass is 10.1. The average Bonchev–Trinajstić information content (AvgIpc) is 3.41. The van der Waals surface area contributed by atoms with E-state index < -0.39 is 6.04 Å². The average molecular weight is 480 g/mol. The Hall–Kier alpha value is -3.23. The molecule has 1 atom stereocenters. The molecule has 1 fully saturated rings. The third-order valence-corrected chi connectivity index (χ3v) is 6.69. The maximum Gasteiger partial charge on any atom is 0.256 e. The molecule has 0 bridgehead atoms. The highest BCUT2D eigenvalue weighted by molar-refractivity contribution is 7.80. The minimum atomic E-state index is -0.659. The van der Waals surface area contributed by atoms with Crippen LogP contribution in [0.1, 0.15) is 18.2 Å². The fourth-order valence-corrected chi connectivity index (χ4v) is 4.89. The van der Waals surface area contributed by atoms with E-state index in [1.54, 1.807) is 11.3 Å². The van der Waals surface area contributed by atoms with Gasteiger partial charge in [0.1, 0.15) is 11.8 Å². The van der Waals surface area contributed by atoms with Gasteiger partial charge in [-0.15, -0.1) is 11.3 Å². The molecule has 1 aliphatic rings. The summed E-state index contributed by atoms with van der Waals surface area (Å²) in [5.74, 6) is 0.308. The van der Waals surface area contributed by atoms with Crippen LogP contribution < -0.4 is 15.0 Å². The number of nitrogens with one attached hydrogen (secondary N) is 1. The molecule has 2 amide bonds. The van der Waals surface area contributed by atoms with Gasteiger partial charge in [0.25, 0.3) is 5.91 Å². The number of benzene rings is 2. The minimum absolute atomic E-state index is 0.0197. The molecule has 4 rings (SSSR count). The molecule has 0 saturated carbocycles. The topological polar surface area (TPSA) is 61.9 Å². The number of hydrogen-bond donors (Lipinski definition) is 1. The van der Waals surface area contributed by atoms with E-state index in [9.17, 15) is 9.59 Å². The zero-order valence-electron chi connectivity index (χ0n) is 18.3. The van der Waals surface area contributed by atoms with Gasteiger partial charge in [0.2, 0.25) is 5.91 Å². The normalized spacial score (nSPS) is 15.7. The van der Waals surface area contributed by atoms with E-state index in [0.717, 1.165) is 12.2 Å². The summed E-state index contributed by atoms with van der Waals surface area (Å²) >= 11 is 7.40. The summed E-state index contributed by atoms with van der Waals surface area (Å²) in [5.41, 5.74) is 1.37. The lowest BCUT2D eigenvalue weighted by Crippen LogP contribution is -2.39. The summed E-state index contributed by atoms with van der Waals surface area (Å²) in [6.07, 6.45) is 0.769. The molecule has 0 aliphatic carbocycles. The second kappa shape index (κ2) is 10.6. The molecule has 1 aliphatic heterocycles. The summed E-state index contributed by atoms with van der Waals surface area (Å²) in [7, 11) is 0. The van der Waals surface area contributed by atoms with Crippen molar-refractivity contribution in [2.24, 2.45) is 0 Å². The molecule has 170 valence electrons. The van der Waals surface area contributed by atoms with Crippen molar-refractivity contribution in [3.05, 3.63) is 77.0 Å². The fourth-order valence-electron chi connectivity index (χ4n) is 3.78. The number of carbonyl (C=O) groups excluding carboxylic acids is 2. The Morgan fingerprint density at radius 1 is 1.09 bits per heavy atom. The molecular weight excluding hydrogens is 454 g/mol. The molecule has 1 saturated heterocycles. The number of thiocarbonyl (C=S) groups is 1. The summed E-state index contributed by atoms with van der Waals surface area (Å²) in [6.45, 7) is 3.04. The van der Waals surface area contributed by atoms with Crippen LogP contribution in [-0.2, 0) is 16.0 Å². The number of nitrogens with zero attached hydrogens (tertiary/aromatic N) is 2. The lowest BCUT2D eigenvalue weighted by molar-refractivity contribution is -0.124. The van der Waals surface area contributed by atoms with Crippen LogP contribution in [0.4, 0.5) is 11.4 Å². The van der Waals surface area contributed by atoms with E-state index in [1.165, 1.54) is 9.78 Å². The van der Waals surface area contributed by atoms with Gasteiger partial charge in [0, 0.05) is 17.1 Å². The number of hydrogen-bond acceptors (Lipinski definition) is 5. The SMILES string of the molecule is CCOc1ccc(N2C(=O)[C@@H](CC(=O)Nc3ccccc3)N(CCc3cccs3)C2=S)cc1. The first-order chi connectivity index (χ1) is 16.1. The molecule has 0 unspecified atom stereocenters. The summed E-state index contributed by atoms with van der Waals surface area (Å²) in [4.78, 5) is 30.9. The third kappa shape index (κ3) is 5.40. The number of anilines is 2. The molecule has 0 spiro atoms. The highest BCUT2D eigenvalue weighted by atomic mass is 32.1. The fraction of sp³-hybridized carbons (Fsp3) is 0.240. The van der Waals surface area contributed by atoms with Crippen molar-refractivity contribution < 1.29 is 14.3 Å². The van der Waals surface area contributed by atoms with Gasteiger partial charge in [0.05, 0.1) is 18.7 Å². The van der Waals surface area contributed by atoms with E-state index in [0.29, 0.717) is 29.6 Å².